The van der Waals surface area contributed by atoms with Gasteiger partial charge < -0.3 is 19.5 Å². The highest BCUT2D eigenvalue weighted by atomic mass is 16.5. The molecule has 1 aliphatic heterocycles. The molecule has 1 aliphatic carbocycles. The van der Waals surface area contributed by atoms with Crippen LogP contribution in [0.15, 0.2) is 30.9 Å². The van der Waals surface area contributed by atoms with E-state index in [-0.39, 0.29) is 25.0 Å². The Bertz CT molecular complexity index is 682. The molecule has 6 nitrogen and oxygen atoms in total. The maximum absolute atomic E-state index is 13.0. The van der Waals surface area contributed by atoms with Crippen molar-refractivity contribution in [2.24, 2.45) is 17.8 Å². The minimum Gasteiger partial charge on any atom is -0.497 e. The van der Waals surface area contributed by atoms with Crippen molar-refractivity contribution < 1.29 is 24.2 Å². The molecule has 25 heavy (non-hydrogen) atoms. The van der Waals surface area contributed by atoms with Gasteiger partial charge in [0.05, 0.1) is 18.6 Å². The lowest BCUT2D eigenvalue weighted by Crippen LogP contribution is -2.30. The molecule has 0 unspecified atom stereocenters. The van der Waals surface area contributed by atoms with E-state index in [1.54, 1.807) is 36.3 Å². The number of benzene rings is 1. The Morgan fingerprint density at radius 3 is 2.72 bits per heavy atom. The van der Waals surface area contributed by atoms with E-state index >= 15 is 0 Å². The number of ether oxygens (including phenoxy) is 2. The number of rotatable bonds is 7. The minimum atomic E-state index is -0.815. The van der Waals surface area contributed by atoms with E-state index in [2.05, 4.69) is 6.58 Å². The van der Waals surface area contributed by atoms with Crippen LogP contribution in [0.1, 0.15) is 23.2 Å². The molecule has 6 heteroatoms. The van der Waals surface area contributed by atoms with Crippen LogP contribution in [0.25, 0.3) is 0 Å². The summed E-state index contributed by atoms with van der Waals surface area (Å²) in [7, 11) is 1.55. The van der Waals surface area contributed by atoms with E-state index < -0.39 is 11.9 Å². The van der Waals surface area contributed by atoms with Crippen LogP contribution in [-0.2, 0) is 4.79 Å². The standard InChI is InChI=1S/C19H23NO5/c1-3-8-25-17-9-13(24-2)6-7-14(17)18(21)20-10-15(12-4-5-12)16(11-20)19(22)23/h3,6-7,9,12,15-16H,1,4-5,8,10-11H2,2H3,(H,22,23)/t15-,16+/m1/s1. The first-order valence-electron chi connectivity index (χ1n) is 8.49. The second-order valence-corrected chi connectivity index (χ2v) is 6.62. The van der Waals surface area contributed by atoms with Gasteiger partial charge in [0, 0.05) is 19.2 Å². The Morgan fingerprint density at radius 2 is 2.12 bits per heavy atom. The Balaban J connectivity index is 1.82. The number of aliphatic carboxylic acids is 1. The third-order valence-corrected chi connectivity index (χ3v) is 4.97. The van der Waals surface area contributed by atoms with Gasteiger partial charge in [-0.15, -0.1) is 0 Å². The number of methoxy groups -OCH3 is 1. The summed E-state index contributed by atoms with van der Waals surface area (Å²) in [6.45, 7) is 4.64. The van der Waals surface area contributed by atoms with Crippen molar-refractivity contribution in [1.29, 1.82) is 0 Å². The number of amides is 1. The highest BCUT2D eigenvalue weighted by Gasteiger charge is 2.47. The third-order valence-electron chi connectivity index (χ3n) is 4.97. The fourth-order valence-corrected chi connectivity index (χ4v) is 3.50. The Labute approximate surface area is 147 Å². The van der Waals surface area contributed by atoms with E-state index in [0.29, 0.717) is 29.5 Å². The van der Waals surface area contributed by atoms with Crippen LogP contribution >= 0.6 is 0 Å². The Kier molecular flexibility index (Phi) is 4.97. The zero-order valence-electron chi connectivity index (χ0n) is 14.3. The van der Waals surface area contributed by atoms with Crippen molar-refractivity contribution in [3.63, 3.8) is 0 Å². The first-order chi connectivity index (χ1) is 12.0. The number of carbonyl (C=O) groups excluding carboxylic acids is 1. The van der Waals surface area contributed by atoms with Crippen molar-refractivity contribution >= 4 is 11.9 Å². The molecule has 0 bridgehead atoms. The molecule has 2 atom stereocenters. The number of carbonyl (C=O) groups is 2. The van der Waals surface area contributed by atoms with E-state index in [9.17, 15) is 14.7 Å². The maximum atomic E-state index is 13.0. The van der Waals surface area contributed by atoms with Crippen LogP contribution in [0.4, 0.5) is 0 Å². The molecule has 1 heterocycles. The first kappa shape index (κ1) is 17.3. The average Bonchev–Trinajstić information content (AvgIpc) is 3.36. The van der Waals surface area contributed by atoms with Crippen LogP contribution in [0, 0.1) is 17.8 Å². The van der Waals surface area contributed by atoms with E-state index in [1.807, 2.05) is 0 Å². The third kappa shape index (κ3) is 3.62. The Hall–Kier alpha value is -2.50. The van der Waals surface area contributed by atoms with Crippen molar-refractivity contribution in [2.75, 3.05) is 26.8 Å². The largest absolute Gasteiger partial charge is 0.497 e. The minimum absolute atomic E-state index is 0.0530. The molecule has 2 fully saturated rings. The molecule has 0 aromatic heterocycles. The summed E-state index contributed by atoms with van der Waals surface area (Å²) in [5.74, 6) is 0.0132. The van der Waals surface area contributed by atoms with Crippen LogP contribution in [0.2, 0.25) is 0 Å². The fraction of sp³-hybridized carbons (Fsp3) is 0.474. The Morgan fingerprint density at radius 1 is 1.36 bits per heavy atom. The molecule has 1 saturated carbocycles. The molecule has 2 aliphatic rings. The summed E-state index contributed by atoms with van der Waals surface area (Å²) in [4.78, 5) is 26.2. The second-order valence-electron chi connectivity index (χ2n) is 6.62. The van der Waals surface area contributed by atoms with Gasteiger partial charge in [0.1, 0.15) is 18.1 Å². The molecule has 1 aromatic carbocycles. The molecular formula is C19H23NO5. The van der Waals surface area contributed by atoms with Gasteiger partial charge in [-0.05, 0) is 36.8 Å². The first-order valence-corrected chi connectivity index (χ1v) is 8.49. The molecular weight excluding hydrogens is 322 g/mol. The van der Waals surface area contributed by atoms with Crippen molar-refractivity contribution in [3.8, 4) is 11.5 Å². The number of nitrogens with zero attached hydrogens (tertiary/aromatic N) is 1. The normalized spacial score (nSPS) is 22.5. The predicted molar refractivity (Wildman–Crippen MR) is 91.9 cm³/mol. The molecule has 0 radical (unpaired) electrons. The lowest BCUT2D eigenvalue weighted by molar-refractivity contribution is -0.142. The number of carboxylic acids is 1. The topological polar surface area (TPSA) is 76.1 Å². The fourth-order valence-electron chi connectivity index (χ4n) is 3.50. The van der Waals surface area contributed by atoms with Crippen LogP contribution < -0.4 is 9.47 Å². The highest BCUT2D eigenvalue weighted by Crippen LogP contribution is 2.44. The summed E-state index contributed by atoms with van der Waals surface area (Å²) in [6.07, 6.45) is 3.73. The van der Waals surface area contributed by atoms with Gasteiger partial charge >= 0.3 is 5.97 Å². The van der Waals surface area contributed by atoms with Gasteiger partial charge in [0.2, 0.25) is 0 Å². The molecule has 0 spiro atoms. The van der Waals surface area contributed by atoms with Gasteiger partial charge in [0.25, 0.3) is 5.91 Å². The number of likely N-dealkylation sites (tertiary alicyclic amines) is 1. The monoisotopic (exact) mass is 345 g/mol. The molecule has 3 rings (SSSR count). The molecule has 1 amide bonds. The van der Waals surface area contributed by atoms with Crippen molar-refractivity contribution in [3.05, 3.63) is 36.4 Å². The molecule has 1 aromatic rings. The lowest BCUT2D eigenvalue weighted by atomic mass is 9.92. The van der Waals surface area contributed by atoms with Crippen LogP contribution in [0.5, 0.6) is 11.5 Å². The summed E-state index contributed by atoms with van der Waals surface area (Å²) < 4.78 is 10.8. The molecule has 1 N–H and O–H groups in total. The van der Waals surface area contributed by atoms with Crippen LogP contribution in [-0.4, -0.2) is 48.7 Å². The maximum Gasteiger partial charge on any atom is 0.308 e. The summed E-state index contributed by atoms with van der Waals surface area (Å²) >= 11 is 0. The summed E-state index contributed by atoms with van der Waals surface area (Å²) in [6, 6.07) is 5.04. The molecule has 134 valence electrons. The SMILES string of the molecule is C=CCOc1cc(OC)ccc1C(=O)N1C[C@H](C(=O)O)[C@@H](C2CC2)C1. The van der Waals surface area contributed by atoms with E-state index in [0.717, 1.165) is 12.8 Å². The van der Waals surface area contributed by atoms with Crippen LogP contribution in [0.3, 0.4) is 0 Å². The van der Waals surface area contributed by atoms with Crippen molar-refractivity contribution in [2.45, 2.75) is 12.8 Å². The van der Waals surface area contributed by atoms with Gasteiger partial charge in [-0.2, -0.15) is 0 Å². The predicted octanol–water partition coefficient (Wildman–Crippen LogP) is 2.44. The average molecular weight is 345 g/mol. The van der Waals surface area contributed by atoms with E-state index in [1.165, 1.54) is 0 Å². The summed E-state index contributed by atoms with van der Waals surface area (Å²) in [5.41, 5.74) is 0.420. The van der Waals surface area contributed by atoms with E-state index in [4.69, 9.17) is 9.47 Å². The van der Waals surface area contributed by atoms with Crippen molar-refractivity contribution in [1.82, 2.24) is 4.90 Å². The zero-order valence-corrected chi connectivity index (χ0v) is 14.3. The lowest BCUT2D eigenvalue weighted by Gasteiger charge is -2.19. The van der Waals surface area contributed by atoms with Gasteiger partial charge in [0.15, 0.2) is 0 Å². The van der Waals surface area contributed by atoms with Gasteiger partial charge in [-0.1, -0.05) is 12.7 Å². The van der Waals surface area contributed by atoms with Gasteiger partial charge in [-0.3, -0.25) is 9.59 Å². The number of hydrogen-bond acceptors (Lipinski definition) is 4. The second kappa shape index (κ2) is 7.17. The smallest absolute Gasteiger partial charge is 0.308 e. The number of hydrogen-bond donors (Lipinski definition) is 1. The quantitative estimate of drug-likeness (QED) is 0.768. The number of carboxylic acid groups (broad SMARTS) is 1. The molecule has 1 saturated heterocycles. The zero-order chi connectivity index (χ0) is 18.0. The summed E-state index contributed by atoms with van der Waals surface area (Å²) in [5, 5.41) is 9.48. The van der Waals surface area contributed by atoms with Gasteiger partial charge in [-0.25, -0.2) is 0 Å². The highest BCUT2D eigenvalue weighted by molar-refractivity contribution is 5.97.